The highest BCUT2D eigenvalue weighted by molar-refractivity contribution is 5.30. The quantitative estimate of drug-likeness (QED) is 0.767. The maximum absolute atomic E-state index is 9.01. The number of ether oxygens (including phenoxy) is 1. The first-order valence-electron chi connectivity index (χ1n) is 6.07. The second-order valence-corrected chi connectivity index (χ2v) is 4.77. The van der Waals surface area contributed by atoms with E-state index in [0.29, 0.717) is 17.9 Å². The molecule has 0 radical (unpaired) electrons. The third-order valence-corrected chi connectivity index (χ3v) is 3.51. The number of morpholine rings is 1. The van der Waals surface area contributed by atoms with Gasteiger partial charge in [-0.3, -0.25) is 4.90 Å². The van der Waals surface area contributed by atoms with Crippen molar-refractivity contribution in [3.05, 3.63) is 29.6 Å². The summed E-state index contributed by atoms with van der Waals surface area (Å²) in [6.45, 7) is 2.78. The lowest BCUT2D eigenvalue weighted by Gasteiger charge is -2.32. The van der Waals surface area contributed by atoms with Crippen molar-refractivity contribution in [3.63, 3.8) is 0 Å². The molecule has 0 N–H and O–H groups in total. The molecule has 0 aliphatic carbocycles. The highest BCUT2D eigenvalue weighted by Gasteiger charge is 2.33. The average Bonchev–Trinajstić information content (AvgIpc) is 2.69. The van der Waals surface area contributed by atoms with Crippen LogP contribution in [0.4, 0.5) is 0 Å². The van der Waals surface area contributed by atoms with E-state index >= 15 is 0 Å². The molecule has 2 aliphatic rings. The lowest BCUT2D eigenvalue weighted by atomic mass is 10.1. The molecule has 2 fully saturated rings. The summed E-state index contributed by atoms with van der Waals surface area (Å²) in [4.78, 5) is 6.48. The maximum Gasteiger partial charge on any atom is 0.144 e. The largest absolute Gasteiger partial charge is 0.372 e. The Morgan fingerprint density at radius 1 is 1.41 bits per heavy atom. The van der Waals surface area contributed by atoms with E-state index in [1.54, 1.807) is 6.20 Å². The van der Waals surface area contributed by atoms with E-state index in [1.165, 1.54) is 12.8 Å². The van der Waals surface area contributed by atoms with Gasteiger partial charge in [0.1, 0.15) is 11.8 Å². The third kappa shape index (κ3) is 2.17. The van der Waals surface area contributed by atoms with Crippen LogP contribution in [0, 0.1) is 11.3 Å². The summed E-state index contributed by atoms with van der Waals surface area (Å²) in [5.74, 6) is 0. The Labute approximate surface area is 101 Å². The monoisotopic (exact) mass is 229 g/mol. The van der Waals surface area contributed by atoms with E-state index in [2.05, 4.69) is 16.0 Å². The number of nitrogens with zero attached hydrogens (tertiary/aromatic N) is 3. The van der Waals surface area contributed by atoms with Crippen LogP contribution in [-0.4, -0.2) is 35.2 Å². The standard InChI is InChI=1S/C13H15N3O/c14-6-13-10(2-1-5-15-13)7-16-8-11-3-4-12(9-16)17-11/h1-2,5,11-12H,3-4,7-9H2. The van der Waals surface area contributed by atoms with Gasteiger partial charge < -0.3 is 4.74 Å². The molecule has 2 bridgehead atoms. The molecule has 0 amide bonds. The normalized spacial score (nSPS) is 27.9. The van der Waals surface area contributed by atoms with E-state index in [4.69, 9.17) is 10.00 Å². The van der Waals surface area contributed by atoms with E-state index in [9.17, 15) is 0 Å². The minimum atomic E-state index is 0.399. The minimum Gasteiger partial charge on any atom is -0.372 e. The number of hydrogen-bond donors (Lipinski definition) is 0. The topological polar surface area (TPSA) is 49.2 Å². The molecule has 0 saturated carbocycles. The van der Waals surface area contributed by atoms with Crippen LogP contribution in [0.2, 0.25) is 0 Å². The summed E-state index contributed by atoms with van der Waals surface area (Å²) >= 11 is 0. The fourth-order valence-electron chi connectivity index (χ4n) is 2.74. The third-order valence-electron chi connectivity index (χ3n) is 3.51. The zero-order chi connectivity index (χ0) is 11.7. The molecule has 4 nitrogen and oxygen atoms in total. The van der Waals surface area contributed by atoms with Gasteiger partial charge in [0.2, 0.25) is 0 Å². The van der Waals surface area contributed by atoms with Gasteiger partial charge in [-0.15, -0.1) is 0 Å². The number of aromatic nitrogens is 1. The first kappa shape index (κ1) is 10.7. The zero-order valence-corrected chi connectivity index (χ0v) is 9.67. The van der Waals surface area contributed by atoms with Crippen molar-refractivity contribution in [2.75, 3.05) is 13.1 Å². The molecule has 1 aromatic rings. The molecule has 2 aliphatic heterocycles. The Morgan fingerprint density at radius 2 is 2.18 bits per heavy atom. The van der Waals surface area contributed by atoms with Gasteiger partial charge in [0, 0.05) is 31.4 Å². The van der Waals surface area contributed by atoms with Crippen LogP contribution in [-0.2, 0) is 11.3 Å². The molecule has 2 saturated heterocycles. The second-order valence-electron chi connectivity index (χ2n) is 4.77. The van der Waals surface area contributed by atoms with Crippen LogP contribution >= 0.6 is 0 Å². The van der Waals surface area contributed by atoms with Crippen LogP contribution in [0.5, 0.6) is 0 Å². The molecule has 2 atom stereocenters. The van der Waals surface area contributed by atoms with Crippen LogP contribution in [0.15, 0.2) is 18.3 Å². The van der Waals surface area contributed by atoms with Crippen LogP contribution in [0.1, 0.15) is 24.1 Å². The van der Waals surface area contributed by atoms with Crippen LogP contribution in [0.25, 0.3) is 0 Å². The first-order chi connectivity index (χ1) is 8.35. The van der Waals surface area contributed by atoms with Crippen molar-refractivity contribution in [3.8, 4) is 6.07 Å². The summed E-state index contributed by atoms with van der Waals surface area (Å²) in [5, 5.41) is 9.01. The van der Waals surface area contributed by atoms with Crippen molar-refractivity contribution in [2.45, 2.75) is 31.6 Å². The predicted octanol–water partition coefficient (Wildman–Crippen LogP) is 1.32. The second kappa shape index (κ2) is 4.44. The summed E-state index contributed by atoms with van der Waals surface area (Å²) in [7, 11) is 0. The van der Waals surface area contributed by atoms with Crippen LogP contribution in [0.3, 0.4) is 0 Å². The number of rotatable bonds is 2. The number of fused-ring (bicyclic) bond motifs is 2. The summed E-state index contributed by atoms with van der Waals surface area (Å²) in [5.41, 5.74) is 1.57. The number of likely N-dealkylation sites (tertiary alicyclic amines) is 1. The van der Waals surface area contributed by atoms with Crippen molar-refractivity contribution in [2.24, 2.45) is 0 Å². The van der Waals surface area contributed by atoms with E-state index in [0.717, 1.165) is 25.2 Å². The van der Waals surface area contributed by atoms with Gasteiger partial charge in [-0.2, -0.15) is 5.26 Å². The highest BCUT2D eigenvalue weighted by Crippen LogP contribution is 2.27. The summed E-state index contributed by atoms with van der Waals surface area (Å²) < 4.78 is 5.80. The molecule has 2 unspecified atom stereocenters. The van der Waals surface area contributed by atoms with Crippen molar-refractivity contribution < 1.29 is 4.74 Å². The Morgan fingerprint density at radius 3 is 2.88 bits per heavy atom. The Bertz CT molecular complexity index is 442. The molecule has 4 heteroatoms. The van der Waals surface area contributed by atoms with Gasteiger partial charge in [0.15, 0.2) is 0 Å². The SMILES string of the molecule is N#Cc1ncccc1CN1CC2CCC(C1)O2. The fourth-order valence-corrected chi connectivity index (χ4v) is 2.74. The predicted molar refractivity (Wildman–Crippen MR) is 62.1 cm³/mol. The molecule has 1 aromatic heterocycles. The Balaban J connectivity index is 1.73. The van der Waals surface area contributed by atoms with Crippen molar-refractivity contribution >= 4 is 0 Å². The molecule has 0 aromatic carbocycles. The van der Waals surface area contributed by atoms with Gasteiger partial charge in [0.25, 0.3) is 0 Å². The first-order valence-corrected chi connectivity index (χ1v) is 6.07. The summed E-state index contributed by atoms with van der Waals surface area (Å²) in [6, 6.07) is 6.04. The van der Waals surface area contributed by atoms with Gasteiger partial charge in [-0.1, -0.05) is 6.07 Å². The molecule has 0 spiro atoms. The van der Waals surface area contributed by atoms with Crippen molar-refractivity contribution in [1.29, 1.82) is 5.26 Å². The number of pyridine rings is 1. The van der Waals surface area contributed by atoms with Crippen LogP contribution < -0.4 is 0 Å². The van der Waals surface area contributed by atoms with Gasteiger partial charge in [0.05, 0.1) is 12.2 Å². The number of nitriles is 1. The molecule has 3 rings (SSSR count). The van der Waals surface area contributed by atoms with E-state index in [1.807, 2.05) is 12.1 Å². The molecule has 3 heterocycles. The lowest BCUT2D eigenvalue weighted by Crippen LogP contribution is -2.42. The van der Waals surface area contributed by atoms with E-state index in [-0.39, 0.29) is 0 Å². The molecular weight excluding hydrogens is 214 g/mol. The average molecular weight is 229 g/mol. The molecule has 88 valence electrons. The molecule has 17 heavy (non-hydrogen) atoms. The van der Waals surface area contributed by atoms with Crippen molar-refractivity contribution in [1.82, 2.24) is 9.88 Å². The molecular formula is C13H15N3O. The number of hydrogen-bond acceptors (Lipinski definition) is 4. The fraction of sp³-hybridized carbons (Fsp3) is 0.538. The summed E-state index contributed by atoms with van der Waals surface area (Å²) in [6.07, 6.45) is 4.83. The highest BCUT2D eigenvalue weighted by atomic mass is 16.5. The van der Waals surface area contributed by atoms with Gasteiger partial charge in [-0.05, 0) is 18.9 Å². The van der Waals surface area contributed by atoms with E-state index < -0.39 is 0 Å². The lowest BCUT2D eigenvalue weighted by molar-refractivity contribution is -0.0411. The maximum atomic E-state index is 9.01. The zero-order valence-electron chi connectivity index (χ0n) is 9.67. The smallest absolute Gasteiger partial charge is 0.144 e. The minimum absolute atomic E-state index is 0.399. The Kier molecular flexibility index (Phi) is 2.79. The van der Waals surface area contributed by atoms with Gasteiger partial charge in [-0.25, -0.2) is 4.98 Å². The Hall–Kier alpha value is -1.44. The van der Waals surface area contributed by atoms with Gasteiger partial charge >= 0.3 is 0 Å².